The molecular weight excluding hydrogens is 228 g/mol. The maximum Gasteiger partial charge on any atom is 2.00 e. The molecule has 0 aromatic rings. The molecule has 0 atom stereocenters. The Morgan fingerprint density at radius 2 is 0.750 bits per heavy atom. The Kier molecular flexibility index (Phi) is 210. The van der Waals surface area contributed by atoms with Crippen LogP contribution < -0.4 is 0 Å². The second-order valence-electron chi connectivity index (χ2n) is 0. The zero-order valence-electron chi connectivity index (χ0n) is 1.45. The van der Waals surface area contributed by atoms with Gasteiger partial charge in [-0.15, -0.1) is 0 Å². The average molecular weight is 228 g/mol. The molecule has 0 aromatic heterocycles. The fourth-order valence-corrected chi connectivity index (χ4v) is 0. The maximum absolute atomic E-state index is 0. The van der Waals surface area contributed by atoms with Gasteiger partial charge in [-0.25, -0.2) is 0 Å². The van der Waals surface area contributed by atoms with Crippen LogP contribution in [0.25, 0.3) is 0 Å². The number of rotatable bonds is 0. The Bertz CT molecular complexity index is 6.00. The van der Waals surface area contributed by atoms with Crippen LogP contribution in [-0.4, -0.2) is 17.1 Å². The maximum atomic E-state index is 0. The van der Waals surface area contributed by atoms with Gasteiger partial charge in [-0.05, 0) is 0 Å². The van der Waals surface area contributed by atoms with Gasteiger partial charge in [0.05, 0.1) is 0 Å². The molecule has 0 aromatic carbocycles. The summed E-state index contributed by atoms with van der Waals surface area (Å²) in [4.78, 5) is 0. The van der Waals surface area contributed by atoms with Gasteiger partial charge in [0.1, 0.15) is 0 Å². The Morgan fingerprint density at radius 1 is 0.750 bits per heavy atom. The predicted molar refractivity (Wildman–Crippen MR) is 13.1 cm³/mol. The monoisotopic (exact) mass is 228 g/mol. The molecule has 0 nitrogen and oxygen atoms in total. The van der Waals surface area contributed by atoms with Crippen LogP contribution in [0.3, 0.4) is 0 Å². The summed E-state index contributed by atoms with van der Waals surface area (Å²) in [5, 5.41) is 0. The summed E-state index contributed by atoms with van der Waals surface area (Å²) < 4.78 is 0. The van der Waals surface area contributed by atoms with Crippen LogP contribution in [0.5, 0.6) is 0 Å². The molecule has 0 aliphatic carbocycles. The van der Waals surface area contributed by atoms with Crippen LogP contribution in [0.15, 0.2) is 0 Å². The third kappa shape index (κ3) is 9.13. The molecule has 0 unspecified atom stereocenters. The van der Waals surface area contributed by atoms with Gasteiger partial charge in [-0.1, -0.05) is 0 Å². The van der Waals surface area contributed by atoms with Gasteiger partial charge in [0.2, 0.25) is 0 Å². The van der Waals surface area contributed by atoms with E-state index in [1.807, 2.05) is 0 Å². The Balaban J connectivity index is 0. The molecule has 0 saturated heterocycles. The molecule has 32 valence electrons. The topological polar surface area (TPSA) is 0 Å². The van der Waals surface area contributed by atoms with Gasteiger partial charge in [0.15, 0.2) is 0 Å². The van der Waals surface area contributed by atoms with Gasteiger partial charge in [0.25, 0.3) is 0 Å². The first-order chi connectivity index (χ1) is 0. The van der Waals surface area contributed by atoms with Gasteiger partial charge in [-0.2, -0.15) is 0 Å². The van der Waals surface area contributed by atoms with E-state index in [4.69, 9.17) is 0 Å². The first-order valence-corrected chi connectivity index (χ1v) is 0. The van der Waals surface area contributed by atoms with E-state index in [0.717, 1.165) is 0 Å². The summed E-state index contributed by atoms with van der Waals surface area (Å²) in [6.45, 7) is 0. The molecule has 4 heteroatoms. The molecular formula is Ni2SSe. The Morgan fingerprint density at radius 3 is 0.750 bits per heavy atom. The number of hydrogen-bond donors (Lipinski definition) is 0. The Labute approximate surface area is 63.3 Å². The molecule has 0 saturated carbocycles. The van der Waals surface area contributed by atoms with Crippen molar-refractivity contribution in [1.29, 1.82) is 0 Å². The standard InChI is InChI=1S/2Ni.S.Se/q2*+2;2*-2. The minimum absolute atomic E-state index is 0. The van der Waals surface area contributed by atoms with E-state index in [2.05, 4.69) is 0 Å². The van der Waals surface area contributed by atoms with Crippen molar-refractivity contribution in [3.05, 3.63) is 0 Å². The first kappa shape index (κ1) is 40.1. The van der Waals surface area contributed by atoms with E-state index in [0.29, 0.717) is 0 Å². The third-order valence-corrected chi connectivity index (χ3v) is 0. The van der Waals surface area contributed by atoms with E-state index < -0.39 is 0 Å². The molecule has 0 rings (SSSR count). The quantitative estimate of drug-likeness (QED) is 0.496. The van der Waals surface area contributed by atoms with Gasteiger partial charge in [-0.3, -0.25) is 0 Å². The Hall–Kier alpha value is 1.86. The fourth-order valence-electron chi connectivity index (χ4n) is 0. The SMILES string of the molecule is [Ni+2].[Ni+2].[S-2].[Se-2]. The molecule has 0 radical (unpaired) electrons. The first-order valence-electron chi connectivity index (χ1n) is 0. The van der Waals surface area contributed by atoms with E-state index >= 15 is 0 Å². The fraction of sp³-hybridized carbons (Fsp3) is 0. The molecule has 0 aliphatic rings. The molecule has 4 heavy (non-hydrogen) atoms. The minimum atomic E-state index is 0. The van der Waals surface area contributed by atoms with Crippen LogP contribution in [0.1, 0.15) is 0 Å². The second-order valence-corrected chi connectivity index (χ2v) is 0. The smallest absolute Gasteiger partial charge is 2.00 e. The third-order valence-electron chi connectivity index (χ3n) is 0. The molecule has 0 bridgehead atoms. The van der Waals surface area contributed by atoms with E-state index in [1.165, 1.54) is 0 Å². The van der Waals surface area contributed by atoms with Crippen molar-refractivity contribution in [2.75, 3.05) is 0 Å². The summed E-state index contributed by atoms with van der Waals surface area (Å²) in [7, 11) is 0. The molecule has 0 fully saturated rings. The second kappa shape index (κ2) is 21.0. The van der Waals surface area contributed by atoms with Crippen LogP contribution >= 0.6 is 0 Å². The van der Waals surface area contributed by atoms with Crippen LogP contribution in [0.4, 0.5) is 0 Å². The summed E-state index contributed by atoms with van der Waals surface area (Å²) in [6.07, 6.45) is 0. The summed E-state index contributed by atoms with van der Waals surface area (Å²) in [5.41, 5.74) is 0. The van der Waals surface area contributed by atoms with Crippen LogP contribution in [0, 0.1) is 0 Å². The molecule has 0 N–H and O–H groups in total. The molecule has 0 heterocycles. The van der Waals surface area contributed by atoms with Crippen molar-refractivity contribution in [3.63, 3.8) is 0 Å². The largest absolute Gasteiger partial charge is 2.00 e. The van der Waals surface area contributed by atoms with Crippen molar-refractivity contribution in [2.45, 2.75) is 0 Å². The minimum Gasteiger partial charge on any atom is -2.00 e. The number of hydrogen-bond acceptors (Lipinski definition) is 0. The zero-order chi connectivity index (χ0) is 0. The van der Waals surface area contributed by atoms with Crippen LogP contribution in [0.2, 0.25) is 0 Å². The van der Waals surface area contributed by atoms with Gasteiger partial charge >= 0.3 is 33.0 Å². The predicted octanol–water partition coefficient (Wildman–Crippen LogP) is -0.388. The molecule has 0 amide bonds. The van der Waals surface area contributed by atoms with Gasteiger partial charge in [0, 0.05) is 0 Å². The average Bonchev–Trinajstić information content (AvgIpc) is 0. The van der Waals surface area contributed by atoms with Crippen molar-refractivity contribution in [1.82, 2.24) is 0 Å². The van der Waals surface area contributed by atoms with E-state index in [-0.39, 0.29) is 63.5 Å². The van der Waals surface area contributed by atoms with E-state index in [9.17, 15) is 0 Å². The normalized spacial score (nSPS) is 0. The van der Waals surface area contributed by atoms with E-state index in [1.54, 1.807) is 0 Å². The molecule has 0 aliphatic heterocycles. The van der Waals surface area contributed by atoms with Crippen molar-refractivity contribution in [3.8, 4) is 0 Å². The van der Waals surface area contributed by atoms with Crippen molar-refractivity contribution < 1.29 is 33.0 Å². The summed E-state index contributed by atoms with van der Waals surface area (Å²) in [6, 6.07) is 0. The van der Waals surface area contributed by atoms with Crippen LogP contribution in [-0.2, 0) is 46.5 Å². The summed E-state index contributed by atoms with van der Waals surface area (Å²) in [5.74, 6) is 0. The van der Waals surface area contributed by atoms with Gasteiger partial charge < -0.3 is 30.6 Å². The van der Waals surface area contributed by atoms with Crippen molar-refractivity contribution >= 4 is 30.6 Å². The molecule has 0 spiro atoms. The zero-order valence-corrected chi connectivity index (χ0v) is 5.95. The van der Waals surface area contributed by atoms with Crippen molar-refractivity contribution in [2.24, 2.45) is 0 Å². The summed E-state index contributed by atoms with van der Waals surface area (Å²) >= 11 is 0.